The maximum absolute atomic E-state index is 11.5. The van der Waals surface area contributed by atoms with Crippen molar-refractivity contribution in [1.29, 1.82) is 0 Å². The van der Waals surface area contributed by atoms with Gasteiger partial charge in [0.05, 0.1) is 12.2 Å². The predicted molar refractivity (Wildman–Crippen MR) is 61.8 cm³/mol. The number of hydrogen-bond donors (Lipinski definition) is 2. The number of sulfonamides is 1. The predicted octanol–water partition coefficient (Wildman–Crippen LogP) is 0.537. The summed E-state index contributed by atoms with van der Waals surface area (Å²) in [6, 6.07) is 3.02. The van der Waals surface area contributed by atoms with Gasteiger partial charge < -0.3 is 5.11 Å². The van der Waals surface area contributed by atoms with Crippen LogP contribution in [-0.4, -0.2) is 30.2 Å². The topological polar surface area (TPSA) is 96.4 Å². The van der Waals surface area contributed by atoms with Crippen LogP contribution in [0.1, 0.15) is 24.9 Å². The van der Waals surface area contributed by atoms with Crippen LogP contribution in [-0.2, 0) is 14.8 Å². The van der Waals surface area contributed by atoms with Crippen LogP contribution < -0.4 is 4.72 Å². The first-order valence-corrected chi connectivity index (χ1v) is 6.67. The van der Waals surface area contributed by atoms with Crippen molar-refractivity contribution >= 4 is 16.0 Å². The largest absolute Gasteiger partial charge is 0.481 e. The molecule has 0 aromatic carbocycles. The lowest BCUT2D eigenvalue weighted by Gasteiger charge is -2.13. The summed E-state index contributed by atoms with van der Waals surface area (Å²) >= 11 is 0. The summed E-state index contributed by atoms with van der Waals surface area (Å²) < 4.78 is 25.4. The third kappa shape index (κ3) is 4.92. The first-order valence-electron chi connectivity index (χ1n) is 5.02. The Kier molecular flexibility index (Phi) is 4.59. The molecule has 17 heavy (non-hydrogen) atoms. The van der Waals surface area contributed by atoms with E-state index in [1.54, 1.807) is 31.5 Å². The van der Waals surface area contributed by atoms with E-state index in [2.05, 4.69) is 9.71 Å². The van der Waals surface area contributed by atoms with Gasteiger partial charge in [-0.1, -0.05) is 6.07 Å². The zero-order valence-corrected chi connectivity index (χ0v) is 10.1. The Labute approximate surface area is 99.7 Å². The van der Waals surface area contributed by atoms with Gasteiger partial charge in [-0.3, -0.25) is 9.78 Å². The quantitative estimate of drug-likeness (QED) is 0.776. The highest BCUT2D eigenvalue weighted by Gasteiger charge is 2.17. The molecule has 1 aromatic rings. The van der Waals surface area contributed by atoms with Crippen LogP contribution in [0.4, 0.5) is 0 Å². The van der Waals surface area contributed by atoms with Gasteiger partial charge in [-0.25, -0.2) is 13.1 Å². The fraction of sp³-hybridized carbons (Fsp3) is 0.400. The molecular weight excluding hydrogens is 244 g/mol. The van der Waals surface area contributed by atoms with Gasteiger partial charge in [0.15, 0.2) is 0 Å². The van der Waals surface area contributed by atoms with E-state index in [-0.39, 0.29) is 0 Å². The van der Waals surface area contributed by atoms with Crippen molar-refractivity contribution in [3.63, 3.8) is 0 Å². The minimum absolute atomic E-state index is 0.408. The zero-order valence-electron chi connectivity index (χ0n) is 9.33. The molecule has 0 fully saturated rings. The van der Waals surface area contributed by atoms with Crippen LogP contribution in [0.25, 0.3) is 0 Å². The number of nitrogens with one attached hydrogen (secondary N) is 1. The molecule has 0 saturated heterocycles. The first-order chi connectivity index (χ1) is 7.91. The minimum Gasteiger partial charge on any atom is -0.481 e. The number of aromatic nitrogens is 1. The molecule has 0 unspecified atom stereocenters. The number of carboxylic acid groups (broad SMARTS) is 1. The van der Waals surface area contributed by atoms with Gasteiger partial charge in [-0.15, -0.1) is 0 Å². The number of carboxylic acids is 1. The van der Waals surface area contributed by atoms with Gasteiger partial charge in [-0.2, -0.15) is 0 Å². The van der Waals surface area contributed by atoms with Crippen molar-refractivity contribution in [2.45, 2.75) is 19.4 Å². The van der Waals surface area contributed by atoms with E-state index < -0.39 is 34.2 Å². The molecule has 1 heterocycles. The molecule has 1 rings (SSSR count). The third-order valence-corrected chi connectivity index (χ3v) is 3.58. The van der Waals surface area contributed by atoms with E-state index in [1.165, 1.54) is 0 Å². The number of rotatable bonds is 6. The van der Waals surface area contributed by atoms with Crippen molar-refractivity contribution in [3.8, 4) is 0 Å². The van der Waals surface area contributed by atoms with Crippen molar-refractivity contribution in [1.82, 2.24) is 9.71 Å². The van der Waals surface area contributed by atoms with E-state index >= 15 is 0 Å². The van der Waals surface area contributed by atoms with Crippen LogP contribution in [0.2, 0.25) is 0 Å². The van der Waals surface area contributed by atoms with E-state index in [0.717, 1.165) is 5.56 Å². The van der Waals surface area contributed by atoms with E-state index in [1.807, 2.05) is 0 Å². The van der Waals surface area contributed by atoms with Crippen LogP contribution in [0, 0.1) is 0 Å². The molecule has 0 bridgehead atoms. The second kappa shape index (κ2) is 5.74. The highest BCUT2D eigenvalue weighted by atomic mass is 32.2. The summed E-state index contributed by atoms with van der Waals surface area (Å²) in [6.45, 7) is 1.68. The second-order valence-corrected chi connectivity index (χ2v) is 5.46. The summed E-state index contributed by atoms with van der Waals surface area (Å²) in [4.78, 5) is 14.2. The Balaban J connectivity index is 2.62. The number of pyridine rings is 1. The number of carbonyl (C=O) groups is 1. The standard InChI is InChI=1S/C10H14N2O4S/c1-8(9-3-2-5-11-7-9)12-17(15,16)6-4-10(13)14/h2-3,5,7-8,12H,4,6H2,1H3,(H,13,14)/t8-/m0/s1. The summed E-state index contributed by atoms with van der Waals surface area (Å²) in [5, 5.41) is 8.43. The normalized spacial score (nSPS) is 13.2. The molecule has 0 saturated carbocycles. The van der Waals surface area contributed by atoms with Gasteiger partial charge in [0.1, 0.15) is 0 Å². The molecular formula is C10H14N2O4S. The maximum Gasteiger partial charge on any atom is 0.304 e. The highest BCUT2D eigenvalue weighted by molar-refractivity contribution is 7.89. The molecule has 0 aliphatic rings. The van der Waals surface area contributed by atoms with Crippen LogP contribution in [0.15, 0.2) is 24.5 Å². The van der Waals surface area contributed by atoms with Gasteiger partial charge in [0, 0.05) is 18.4 Å². The molecule has 0 aliphatic carbocycles. The Morgan fingerprint density at radius 2 is 2.29 bits per heavy atom. The lowest BCUT2D eigenvalue weighted by atomic mass is 10.2. The van der Waals surface area contributed by atoms with Crippen LogP contribution >= 0.6 is 0 Å². The fourth-order valence-corrected chi connectivity index (χ4v) is 2.49. The molecule has 0 aliphatic heterocycles. The van der Waals surface area contributed by atoms with Crippen molar-refractivity contribution in [2.24, 2.45) is 0 Å². The highest BCUT2D eigenvalue weighted by Crippen LogP contribution is 2.11. The maximum atomic E-state index is 11.5. The summed E-state index contributed by atoms with van der Waals surface area (Å²) in [5.41, 5.74) is 0.728. The molecule has 94 valence electrons. The van der Waals surface area contributed by atoms with Crippen LogP contribution in [0.5, 0.6) is 0 Å². The van der Waals surface area contributed by atoms with Crippen LogP contribution in [0.3, 0.4) is 0 Å². The average molecular weight is 258 g/mol. The number of aliphatic carboxylic acids is 1. The lowest BCUT2D eigenvalue weighted by Crippen LogP contribution is -2.30. The van der Waals surface area contributed by atoms with Gasteiger partial charge in [0.2, 0.25) is 10.0 Å². The Bertz CT molecular complexity index is 472. The third-order valence-electron chi connectivity index (χ3n) is 2.13. The van der Waals surface area contributed by atoms with E-state index in [4.69, 9.17) is 5.11 Å². The Morgan fingerprint density at radius 3 is 2.82 bits per heavy atom. The molecule has 0 radical (unpaired) electrons. The number of hydrogen-bond acceptors (Lipinski definition) is 4. The SMILES string of the molecule is C[C@H](NS(=O)(=O)CCC(=O)O)c1cccnc1. The average Bonchev–Trinajstić information content (AvgIpc) is 2.27. The molecule has 0 spiro atoms. The van der Waals surface area contributed by atoms with Crippen molar-refractivity contribution in [3.05, 3.63) is 30.1 Å². The summed E-state index contributed by atoms with van der Waals surface area (Å²) in [6.07, 6.45) is 2.74. The van der Waals surface area contributed by atoms with Crippen molar-refractivity contribution < 1.29 is 18.3 Å². The summed E-state index contributed by atoms with van der Waals surface area (Å²) in [5.74, 6) is -1.56. The Hall–Kier alpha value is -1.47. The minimum atomic E-state index is -3.58. The van der Waals surface area contributed by atoms with E-state index in [9.17, 15) is 13.2 Å². The first kappa shape index (κ1) is 13.6. The van der Waals surface area contributed by atoms with Crippen molar-refractivity contribution in [2.75, 3.05) is 5.75 Å². The van der Waals surface area contributed by atoms with Gasteiger partial charge >= 0.3 is 5.97 Å². The monoisotopic (exact) mass is 258 g/mol. The molecule has 7 heteroatoms. The lowest BCUT2D eigenvalue weighted by molar-refractivity contribution is -0.136. The van der Waals surface area contributed by atoms with Gasteiger partial charge in [-0.05, 0) is 18.6 Å². The molecule has 6 nitrogen and oxygen atoms in total. The smallest absolute Gasteiger partial charge is 0.304 e. The number of nitrogens with zero attached hydrogens (tertiary/aromatic N) is 1. The van der Waals surface area contributed by atoms with E-state index in [0.29, 0.717) is 0 Å². The molecule has 0 amide bonds. The molecule has 2 N–H and O–H groups in total. The molecule has 1 atom stereocenters. The van der Waals surface area contributed by atoms with Gasteiger partial charge in [0.25, 0.3) is 0 Å². The Morgan fingerprint density at radius 1 is 1.59 bits per heavy atom. The fourth-order valence-electron chi connectivity index (χ4n) is 1.25. The summed E-state index contributed by atoms with van der Waals surface area (Å²) in [7, 11) is -3.58. The zero-order chi connectivity index (χ0) is 12.9. The second-order valence-electron chi connectivity index (χ2n) is 3.59. The molecule has 1 aromatic heterocycles.